The Morgan fingerprint density at radius 1 is 1.20 bits per heavy atom. The zero-order valence-electron chi connectivity index (χ0n) is 14.2. The Bertz CT molecular complexity index is 903. The van der Waals surface area contributed by atoms with Crippen molar-refractivity contribution in [1.29, 1.82) is 0 Å². The van der Waals surface area contributed by atoms with Gasteiger partial charge in [0.15, 0.2) is 0 Å². The number of aryl methyl sites for hydroxylation is 2. The molecule has 5 nitrogen and oxygen atoms in total. The van der Waals surface area contributed by atoms with Gasteiger partial charge in [-0.2, -0.15) is 5.10 Å². The second kappa shape index (κ2) is 7.37. The lowest BCUT2D eigenvalue weighted by molar-refractivity contribution is -0.145. The number of aromatic nitrogens is 3. The van der Waals surface area contributed by atoms with Crippen molar-refractivity contribution >= 4 is 28.9 Å². The van der Waals surface area contributed by atoms with Crippen molar-refractivity contribution < 1.29 is 9.53 Å². The Hall–Kier alpha value is -2.18. The van der Waals surface area contributed by atoms with Crippen LogP contribution in [0, 0.1) is 20.8 Å². The monoisotopic (exact) mass is 375 g/mol. The molecule has 0 fully saturated rings. The van der Waals surface area contributed by atoms with Crippen molar-refractivity contribution in [2.45, 2.75) is 33.9 Å². The third-order valence-corrected chi connectivity index (χ3v) is 5.58. The lowest BCUT2D eigenvalue weighted by Gasteiger charge is -2.05. The summed E-state index contributed by atoms with van der Waals surface area (Å²) in [5, 5.41) is 5.75. The molecule has 0 amide bonds. The highest BCUT2D eigenvalue weighted by atomic mass is 35.5. The number of esters is 1. The standard InChI is InChI=1S/C18H18ClN3O2S/c1-11-15(25-18(20-11)14-7-5-4-6-8-14)10-24-16(23)9-22-13(3)17(19)12(2)21-22/h4-8H,9-10H2,1-3H3. The lowest BCUT2D eigenvalue weighted by atomic mass is 10.2. The van der Waals surface area contributed by atoms with Gasteiger partial charge in [0, 0.05) is 5.56 Å². The summed E-state index contributed by atoms with van der Waals surface area (Å²) in [7, 11) is 0. The smallest absolute Gasteiger partial charge is 0.328 e. The fraction of sp³-hybridized carbons (Fsp3) is 0.278. The highest BCUT2D eigenvalue weighted by Gasteiger charge is 2.15. The fourth-order valence-electron chi connectivity index (χ4n) is 2.41. The minimum absolute atomic E-state index is 0.0444. The van der Waals surface area contributed by atoms with Crippen LogP contribution in [0.4, 0.5) is 0 Å². The summed E-state index contributed by atoms with van der Waals surface area (Å²) in [5.74, 6) is -0.351. The van der Waals surface area contributed by atoms with Gasteiger partial charge in [-0.3, -0.25) is 9.48 Å². The molecule has 0 aliphatic rings. The Morgan fingerprint density at radius 3 is 2.56 bits per heavy atom. The van der Waals surface area contributed by atoms with Crippen LogP contribution in [0.25, 0.3) is 10.6 Å². The molecule has 2 aromatic heterocycles. The number of ether oxygens (including phenoxy) is 1. The molecule has 0 spiro atoms. The van der Waals surface area contributed by atoms with Gasteiger partial charge in [0.1, 0.15) is 18.2 Å². The Kier molecular flexibility index (Phi) is 5.20. The number of carbonyl (C=O) groups is 1. The van der Waals surface area contributed by atoms with E-state index >= 15 is 0 Å². The van der Waals surface area contributed by atoms with Crippen molar-refractivity contribution in [2.75, 3.05) is 0 Å². The normalized spacial score (nSPS) is 10.9. The van der Waals surface area contributed by atoms with Gasteiger partial charge < -0.3 is 4.74 Å². The molecule has 0 unspecified atom stereocenters. The van der Waals surface area contributed by atoms with Gasteiger partial charge in [-0.25, -0.2) is 4.98 Å². The van der Waals surface area contributed by atoms with Gasteiger partial charge >= 0.3 is 5.97 Å². The van der Waals surface area contributed by atoms with Crippen LogP contribution in [-0.4, -0.2) is 20.7 Å². The summed E-state index contributed by atoms with van der Waals surface area (Å²) in [4.78, 5) is 17.6. The number of rotatable bonds is 5. The molecule has 0 saturated heterocycles. The molecule has 2 heterocycles. The van der Waals surface area contributed by atoms with Crippen molar-refractivity contribution in [2.24, 2.45) is 0 Å². The van der Waals surface area contributed by atoms with Crippen LogP contribution in [-0.2, 0) is 22.7 Å². The van der Waals surface area contributed by atoms with Crippen LogP contribution in [0.2, 0.25) is 5.02 Å². The topological polar surface area (TPSA) is 57.0 Å². The van der Waals surface area contributed by atoms with Crippen molar-refractivity contribution in [3.63, 3.8) is 0 Å². The third kappa shape index (κ3) is 3.91. The number of benzene rings is 1. The predicted octanol–water partition coefficient (Wildman–Crippen LogP) is 4.33. The molecule has 25 heavy (non-hydrogen) atoms. The molecule has 3 aromatic rings. The average Bonchev–Trinajstić information content (AvgIpc) is 3.09. The molecule has 0 radical (unpaired) electrons. The maximum atomic E-state index is 12.1. The van der Waals surface area contributed by atoms with Gasteiger partial charge in [-0.1, -0.05) is 41.9 Å². The lowest BCUT2D eigenvalue weighted by Crippen LogP contribution is -2.15. The van der Waals surface area contributed by atoms with E-state index in [4.69, 9.17) is 16.3 Å². The number of carbonyl (C=O) groups excluding carboxylic acids is 1. The van der Waals surface area contributed by atoms with Crippen LogP contribution in [0.1, 0.15) is 22.0 Å². The highest BCUT2D eigenvalue weighted by Crippen LogP contribution is 2.28. The SMILES string of the molecule is Cc1nc(-c2ccccc2)sc1COC(=O)Cn1nc(C)c(Cl)c1C. The molecule has 0 N–H and O–H groups in total. The van der Waals surface area contributed by atoms with Crippen LogP contribution >= 0.6 is 22.9 Å². The molecular weight excluding hydrogens is 358 g/mol. The number of thiazole rings is 1. The molecule has 0 aliphatic carbocycles. The number of nitrogens with zero attached hydrogens (tertiary/aromatic N) is 3. The third-order valence-electron chi connectivity index (χ3n) is 3.85. The van der Waals surface area contributed by atoms with Crippen molar-refractivity contribution in [3.8, 4) is 10.6 Å². The average molecular weight is 376 g/mol. The molecule has 7 heteroatoms. The van der Waals surface area contributed by atoms with Gasteiger partial charge in [0.05, 0.1) is 27.0 Å². The van der Waals surface area contributed by atoms with Gasteiger partial charge in [0.2, 0.25) is 0 Å². The van der Waals surface area contributed by atoms with E-state index in [1.165, 1.54) is 11.3 Å². The van der Waals surface area contributed by atoms with E-state index in [9.17, 15) is 4.79 Å². The molecule has 0 atom stereocenters. The molecule has 1 aromatic carbocycles. The minimum Gasteiger partial charge on any atom is -0.459 e. The van der Waals surface area contributed by atoms with Gasteiger partial charge in [-0.05, 0) is 20.8 Å². The van der Waals surface area contributed by atoms with Crippen molar-refractivity contribution in [1.82, 2.24) is 14.8 Å². The molecular formula is C18H18ClN3O2S. The first-order valence-electron chi connectivity index (χ1n) is 7.82. The van der Waals surface area contributed by atoms with E-state index < -0.39 is 0 Å². The largest absolute Gasteiger partial charge is 0.459 e. The van der Waals surface area contributed by atoms with E-state index in [1.54, 1.807) is 4.68 Å². The summed E-state index contributed by atoms with van der Waals surface area (Å²) < 4.78 is 6.96. The zero-order chi connectivity index (χ0) is 18.0. The summed E-state index contributed by atoms with van der Waals surface area (Å²) in [6, 6.07) is 9.95. The van der Waals surface area contributed by atoms with E-state index in [0.29, 0.717) is 10.7 Å². The number of hydrogen-bond donors (Lipinski definition) is 0. The van der Waals surface area contributed by atoms with E-state index in [1.807, 2.05) is 51.1 Å². The van der Waals surface area contributed by atoms with Crippen LogP contribution in [0.3, 0.4) is 0 Å². The van der Waals surface area contributed by atoms with Gasteiger partial charge in [-0.15, -0.1) is 11.3 Å². The fourth-order valence-corrected chi connectivity index (χ4v) is 3.53. The highest BCUT2D eigenvalue weighted by molar-refractivity contribution is 7.15. The molecule has 0 aliphatic heterocycles. The number of hydrogen-bond acceptors (Lipinski definition) is 5. The Balaban J connectivity index is 1.64. The quantitative estimate of drug-likeness (QED) is 0.623. The van der Waals surface area contributed by atoms with Gasteiger partial charge in [0.25, 0.3) is 0 Å². The van der Waals surface area contributed by atoms with E-state index in [2.05, 4.69) is 10.1 Å². The summed E-state index contributed by atoms with van der Waals surface area (Å²) in [6.07, 6.45) is 0. The van der Waals surface area contributed by atoms with Crippen molar-refractivity contribution in [3.05, 3.63) is 57.3 Å². The van der Waals surface area contributed by atoms with Crippen LogP contribution < -0.4 is 0 Å². The first kappa shape index (κ1) is 17.6. The van der Waals surface area contributed by atoms with Crippen LogP contribution in [0.15, 0.2) is 30.3 Å². The molecule has 0 bridgehead atoms. The second-order valence-electron chi connectivity index (χ2n) is 5.70. The summed E-state index contributed by atoms with van der Waals surface area (Å²) in [5.41, 5.74) is 3.41. The van der Waals surface area contributed by atoms with E-state index in [-0.39, 0.29) is 19.1 Å². The second-order valence-corrected chi connectivity index (χ2v) is 7.16. The first-order valence-corrected chi connectivity index (χ1v) is 9.02. The Labute approximate surface area is 155 Å². The number of halogens is 1. The first-order chi connectivity index (χ1) is 12.0. The molecule has 130 valence electrons. The Morgan fingerprint density at radius 2 is 1.92 bits per heavy atom. The molecule has 3 rings (SSSR count). The van der Waals surface area contributed by atoms with Crippen LogP contribution in [0.5, 0.6) is 0 Å². The van der Waals surface area contributed by atoms with E-state index in [0.717, 1.165) is 26.8 Å². The zero-order valence-corrected chi connectivity index (χ0v) is 15.8. The molecule has 0 saturated carbocycles. The summed E-state index contributed by atoms with van der Waals surface area (Å²) in [6.45, 7) is 5.82. The minimum atomic E-state index is -0.351. The maximum Gasteiger partial charge on any atom is 0.328 e. The maximum absolute atomic E-state index is 12.1. The summed E-state index contributed by atoms with van der Waals surface area (Å²) >= 11 is 7.63. The predicted molar refractivity (Wildman–Crippen MR) is 98.8 cm³/mol.